The standard InChI is InChI=1S/C29H39/c1-2-4-6-8-10-12-14-16-18-20-22-24-26-28-29-27-25-23-21-19-17-15-13-11-9-7-5-3-1/h1-17H,18,20-29H2/b3-1-,4-2-,7-5-,8-6-,11-9-,12-10+,15-13-,16-14-,19-17?. The van der Waals surface area contributed by atoms with Crippen LogP contribution >= 0.6 is 0 Å². The SMILES string of the molecule is [C]1=C/C=C\C=C/C=C\C=C/C=C\C=C/C=C/C=C\CCCCCCCCCCC\1. The van der Waals surface area contributed by atoms with Crippen molar-refractivity contribution in [1.82, 2.24) is 0 Å². The third-order valence-corrected chi connectivity index (χ3v) is 4.60. The van der Waals surface area contributed by atoms with Crippen molar-refractivity contribution in [3.63, 3.8) is 0 Å². The highest BCUT2D eigenvalue weighted by atomic mass is 14.0. The molecule has 0 N–H and O–H groups in total. The molecule has 0 amide bonds. The molecule has 0 aliphatic heterocycles. The zero-order valence-electron chi connectivity index (χ0n) is 18.1. The summed E-state index contributed by atoms with van der Waals surface area (Å²) in [5.74, 6) is 0. The van der Waals surface area contributed by atoms with Crippen LogP contribution in [-0.4, -0.2) is 0 Å². The molecule has 1 rings (SSSR count). The van der Waals surface area contributed by atoms with Gasteiger partial charge in [0.25, 0.3) is 0 Å². The average Bonchev–Trinajstić information content (AvgIpc) is 2.73. The van der Waals surface area contributed by atoms with Crippen LogP contribution in [0.4, 0.5) is 0 Å². The van der Waals surface area contributed by atoms with Crippen molar-refractivity contribution in [2.45, 2.75) is 70.6 Å². The first kappa shape index (κ1) is 24.7. The fraction of sp³-hybridized carbons (Fsp3) is 0.379. The fourth-order valence-corrected chi connectivity index (χ4v) is 2.94. The third-order valence-electron chi connectivity index (χ3n) is 4.60. The largest absolute Gasteiger partial charge is 0.0845 e. The Bertz CT molecular complexity index is 560. The van der Waals surface area contributed by atoms with Crippen LogP contribution in [0.2, 0.25) is 0 Å². The highest BCUT2D eigenvalue weighted by molar-refractivity contribution is 5.21. The summed E-state index contributed by atoms with van der Waals surface area (Å²) in [6.45, 7) is 0. The van der Waals surface area contributed by atoms with Crippen LogP contribution in [-0.2, 0) is 0 Å². The zero-order valence-corrected chi connectivity index (χ0v) is 18.1. The molecule has 0 heteroatoms. The second kappa shape index (κ2) is 22.0. The van der Waals surface area contributed by atoms with Crippen LogP contribution < -0.4 is 0 Å². The van der Waals surface area contributed by atoms with E-state index in [9.17, 15) is 0 Å². The summed E-state index contributed by atoms with van der Waals surface area (Å²) in [4.78, 5) is 0. The van der Waals surface area contributed by atoms with Gasteiger partial charge in [-0.1, -0.05) is 148 Å². The Hall–Kier alpha value is -2.34. The van der Waals surface area contributed by atoms with Crippen LogP contribution in [0.25, 0.3) is 0 Å². The van der Waals surface area contributed by atoms with E-state index in [1.807, 2.05) is 66.8 Å². The minimum atomic E-state index is 1.07. The molecule has 155 valence electrons. The second-order valence-corrected chi connectivity index (χ2v) is 7.21. The molecule has 1 radical (unpaired) electrons. The molecule has 1 aliphatic carbocycles. The van der Waals surface area contributed by atoms with Gasteiger partial charge in [0.05, 0.1) is 0 Å². The van der Waals surface area contributed by atoms with Crippen LogP contribution in [0.3, 0.4) is 0 Å². The first-order valence-corrected chi connectivity index (χ1v) is 11.4. The fourth-order valence-electron chi connectivity index (χ4n) is 2.94. The maximum absolute atomic E-state index is 3.36. The van der Waals surface area contributed by atoms with E-state index in [1.54, 1.807) is 0 Å². The van der Waals surface area contributed by atoms with Gasteiger partial charge in [0.2, 0.25) is 0 Å². The molecule has 0 nitrogen and oxygen atoms in total. The van der Waals surface area contributed by atoms with Gasteiger partial charge in [-0.2, -0.15) is 0 Å². The Labute approximate surface area is 180 Å². The molecular formula is C29H39. The predicted octanol–water partition coefficient (Wildman–Crippen LogP) is 9.10. The molecule has 0 aromatic carbocycles. The van der Waals surface area contributed by atoms with Crippen LogP contribution in [0, 0.1) is 6.08 Å². The Morgan fingerprint density at radius 3 is 1.24 bits per heavy atom. The summed E-state index contributed by atoms with van der Waals surface area (Å²) in [7, 11) is 0. The lowest BCUT2D eigenvalue weighted by molar-refractivity contribution is 0.560. The van der Waals surface area contributed by atoms with E-state index in [2.05, 4.69) is 42.5 Å². The molecule has 1 aliphatic rings. The maximum Gasteiger partial charge on any atom is -0.0276 e. The van der Waals surface area contributed by atoms with Gasteiger partial charge in [-0.05, 0) is 31.8 Å². The van der Waals surface area contributed by atoms with Crippen molar-refractivity contribution in [3.05, 3.63) is 109 Å². The van der Waals surface area contributed by atoms with Crippen molar-refractivity contribution in [3.8, 4) is 0 Å². The minimum Gasteiger partial charge on any atom is -0.0845 e. The zero-order chi connectivity index (χ0) is 20.5. The minimum absolute atomic E-state index is 1.07. The molecule has 0 aromatic heterocycles. The second-order valence-electron chi connectivity index (χ2n) is 7.21. The van der Waals surface area contributed by atoms with Gasteiger partial charge in [-0.15, -0.1) is 0 Å². The molecule has 0 spiro atoms. The maximum atomic E-state index is 3.36. The molecule has 0 saturated heterocycles. The van der Waals surface area contributed by atoms with Gasteiger partial charge in [-0.25, -0.2) is 0 Å². The van der Waals surface area contributed by atoms with Crippen LogP contribution in [0.1, 0.15) is 70.6 Å². The summed E-state index contributed by atoms with van der Waals surface area (Å²) in [6, 6.07) is 0. The molecular weight excluding hydrogens is 348 g/mol. The van der Waals surface area contributed by atoms with Gasteiger partial charge in [0.15, 0.2) is 0 Å². The summed E-state index contributed by atoms with van der Waals surface area (Å²) in [5, 5.41) is 0. The Kier molecular flexibility index (Phi) is 18.7. The molecule has 0 unspecified atom stereocenters. The summed E-state index contributed by atoms with van der Waals surface area (Å²) < 4.78 is 0. The summed E-state index contributed by atoms with van der Waals surface area (Å²) >= 11 is 0. The van der Waals surface area contributed by atoms with E-state index in [4.69, 9.17) is 0 Å². The van der Waals surface area contributed by atoms with Gasteiger partial charge < -0.3 is 0 Å². The highest BCUT2D eigenvalue weighted by Gasteiger charge is 1.92. The van der Waals surface area contributed by atoms with Crippen LogP contribution in [0.15, 0.2) is 103 Å². The van der Waals surface area contributed by atoms with E-state index in [0.29, 0.717) is 0 Å². The van der Waals surface area contributed by atoms with Gasteiger partial charge >= 0.3 is 0 Å². The Morgan fingerprint density at radius 1 is 0.345 bits per heavy atom. The van der Waals surface area contributed by atoms with E-state index in [-0.39, 0.29) is 0 Å². The number of rotatable bonds is 0. The Morgan fingerprint density at radius 2 is 0.724 bits per heavy atom. The van der Waals surface area contributed by atoms with Crippen molar-refractivity contribution in [1.29, 1.82) is 0 Å². The summed E-state index contributed by atoms with van der Waals surface area (Å²) in [5.41, 5.74) is 0. The topological polar surface area (TPSA) is 0 Å². The lowest BCUT2D eigenvalue weighted by Gasteiger charge is -2.01. The lowest BCUT2D eigenvalue weighted by Crippen LogP contribution is -1.81. The first-order valence-electron chi connectivity index (χ1n) is 11.4. The Balaban J connectivity index is 2.39. The van der Waals surface area contributed by atoms with Crippen LogP contribution in [0.5, 0.6) is 0 Å². The van der Waals surface area contributed by atoms with Crippen molar-refractivity contribution >= 4 is 0 Å². The van der Waals surface area contributed by atoms with E-state index < -0.39 is 0 Å². The highest BCUT2D eigenvalue weighted by Crippen LogP contribution is 2.11. The quantitative estimate of drug-likeness (QED) is 0.389. The lowest BCUT2D eigenvalue weighted by atomic mass is 10.1. The monoisotopic (exact) mass is 387 g/mol. The molecule has 0 heterocycles. The smallest absolute Gasteiger partial charge is 0.0276 e. The molecule has 0 bridgehead atoms. The van der Waals surface area contributed by atoms with Gasteiger partial charge in [0.1, 0.15) is 0 Å². The van der Waals surface area contributed by atoms with Gasteiger partial charge in [-0.3, -0.25) is 0 Å². The number of allylic oxidation sites excluding steroid dienone is 18. The van der Waals surface area contributed by atoms with Crippen molar-refractivity contribution < 1.29 is 0 Å². The molecule has 0 atom stereocenters. The average molecular weight is 388 g/mol. The van der Waals surface area contributed by atoms with Crippen molar-refractivity contribution in [2.24, 2.45) is 0 Å². The third kappa shape index (κ3) is 20.2. The van der Waals surface area contributed by atoms with E-state index in [1.165, 1.54) is 64.2 Å². The predicted molar refractivity (Wildman–Crippen MR) is 132 cm³/mol. The molecule has 0 fully saturated rings. The number of hydrogen-bond donors (Lipinski definition) is 0. The normalized spacial score (nSPS) is 29.0. The van der Waals surface area contributed by atoms with Crippen molar-refractivity contribution in [2.75, 3.05) is 0 Å². The van der Waals surface area contributed by atoms with E-state index >= 15 is 0 Å². The molecule has 0 saturated carbocycles. The van der Waals surface area contributed by atoms with Gasteiger partial charge in [0, 0.05) is 0 Å². The van der Waals surface area contributed by atoms with E-state index in [0.717, 1.165) is 6.42 Å². The molecule has 0 aromatic rings. The summed E-state index contributed by atoms with van der Waals surface area (Å²) in [6.07, 6.45) is 53.0. The molecule has 29 heavy (non-hydrogen) atoms. The number of hydrogen-bond acceptors (Lipinski definition) is 0. The first-order chi connectivity index (χ1) is 14.5.